The van der Waals surface area contributed by atoms with Gasteiger partial charge in [-0.2, -0.15) is 4.31 Å². The van der Waals surface area contributed by atoms with Gasteiger partial charge in [0, 0.05) is 25.2 Å². The third-order valence-electron chi connectivity index (χ3n) is 4.99. The molecule has 148 valence electrons. The van der Waals surface area contributed by atoms with Gasteiger partial charge in [0.25, 0.3) is 5.91 Å². The first-order valence-electron chi connectivity index (χ1n) is 8.73. The number of sulfonamides is 1. The van der Waals surface area contributed by atoms with Crippen molar-refractivity contribution < 1.29 is 13.2 Å². The third-order valence-corrected chi connectivity index (χ3v) is 7.02. The molecule has 1 heterocycles. The van der Waals surface area contributed by atoms with Gasteiger partial charge in [-0.25, -0.2) is 8.42 Å². The summed E-state index contributed by atoms with van der Waals surface area (Å²) in [7, 11) is -2.05. The van der Waals surface area contributed by atoms with Gasteiger partial charge < -0.3 is 10.6 Å². The van der Waals surface area contributed by atoms with Crippen LogP contribution in [0.2, 0.25) is 0 Å². The SMILES string of the molecule is CC(C)N(C)S(=O)(=O)c1cccc(C(=O)NCC2(C)CCNCC2)c1.Cl. The van der Waals surface area contributed by atoms with Crippen LogP contribution in [0, 0.1) is 5.41 Å². The lowest BCUT2D eigenvalue weighted by Crippen LogP contribution is -2.42. The summed E-state index contributed by atoms with van der Waals surface area (Å²) in [6.07, 6.45) is 2.03. The summed E-state index contributed by atoms with van der Waals surface area (Å²) >= 11 is 0. The Morgan fingerprint density at radius 2 is 1.92 bits per heavy atom. The molecule has 0 aromatic heterocycles. The van der Waals surface area contributed by atoms with Crippen molar-refractivity contribution in [3.8, 4) is 0 Å². The number of hydrogen-bond acceptors (Lipinski definition) is 4. The second-order valence-electron chi connectivity index (χ2n) is 7.39. The lowest BCUT2D eigenvalue weighted by atomic mass is 9.81. The molecule has 2 rings (SSSR count). The zero-order valence-electron chi connectivity index (χ0n) is 15.9. The smallest absolute Gasteiger partial charge is 0.251 e. The maximum Gasteiger partial charge on any atom is 0.251 e. The Balaban J connectivity index is 0.00000338. The molecule has 1 aliphatic rings. The van der Waals surface area contributed by atoms with Crippen LogP contribution in [-0.4, -0.2) is 51.4 Å². The van der Waals surface area contributed by atoms with Crippen LogP contribution in [0.3, 0.4) is 0 Å². The van der Waals surface area contributed by atoms with E-state index in [0.29, 0.717) is 12.1 Å². The Bertz CT molecular complexity index is 716. The molecule has 0 spiro atoms. The molecule has 1 saturated heterocycles. The zero-order chi connectivity index (χ0) is 18.7. The molecule has 0 atom stereocenters. The molecule has 0 unspecified atom stereocenters. The van der Waals surface area contributed by atoms with E-state index in [2.05, 4.69) is 17.6 Å². The van der Waals surface area contributed by atoms with E-state index >= 15 is 0 Å². The fourth-order valence-corrected chi connectivity index (χ4v) is 4.26. The van der Waals surface area contributed by atoms with Gasteiger partial charge in [0.05, 0.1) is 4.90 Å². The average Bonchev–Trinajstić information content (AvgIpc) is 2.59. The minimum absolute atomic E-state index is 0. The van der Waals surface area contributed by atoms with Gasteiger partial charge in [0.1, 0.15) is 0 Å². The minimum atomic E-state index is -3.60. The monoisotopic (exact) mass is 403 g/mol. The van der Waals surface area contributed by atoms with E-state index in [9.17, 15) is 13.2 Å². The van der Waals surface area contributed by atoms with Gasteiger partial charge in [0.2, 0.25) is 10.0 Å². The fraction of sp³-hybridized carbons (Fsp3) is 0.611. The number of nitrogens with zero attached hydrogens (tertiary/aromatic N) is 1. The number of halogens is 1. The highest BCUT2D eigenvalue weighted by Gasteiger charge is 2.28. The first kappa shape index (κ1) is 22.9. The summed E-state index contributed by atoms with van der Waals surface area (Å²) in [5, 5.41) is 6.28. The van der Waals surface area contributed by atoms with Crippen LogP contribution in [-0.2, 0) is 10.0 Å². The molecule has 1 aromatic rings. The van der Waals surface area contributed by atoms with Crippen LogP contribution >= 0.6 is 12.4 Å². The number of carbonyl (C=O) groups excluding carboxylic acids is 1. The molecule has 1 fully saturated rings. The van der Waals surface area contributed by atoms with Crippen LogP contribution in [0.1, 0.15) is 44.0 Å². The summed E-state index contributed by atoms with van der Waals surface area (Å²) in [6.45, 7) is 8.31. The van der Waals surface area contributed by atoms with E-state index in [1.807, 2.05) is 13.8 Å². The van der Waals surface area contributed by atoms with Gasteiger partial charge in [0.15, 0.2) is 0 Å². The number of carbonyl (C=O) groups is 1. The number of rotatable bonds is 6. The Hall–Kier alpha value is -1.15. The molecular weight excluding hydrogens is 374 g/mol. The molecule has 2 N–H and O–H groups in total. The van der Waals surface area contributed by atoms with E-state index in [4.69, 9.17) is 0 Å². The maximum atomic E-state index is 12.6. The highest BCUT2D eigenvalue weighted by Crippen LogP contribution is 2.27. The molecule has 0 radical (unpaired) electrons. The van der Waals surface area contributed by atoms with Crippen molar-refractivity contribution in [2.75, 3.05) is 26.7 Å². The molecule has 1 amide bonds. The lowest BCUT2D eigenvalue weighted by Gasteiger charge is -2.34. The molecular formula is C18H30ClN3O3S. The van der Waals surface area contributed by atoms with E-state index < -0.39 is 10.0 Å². The van der Waals surface area contributed by atoms with Crippen molar-refractivity contribution >= 4 is 28.3 Å². The maximum absolute atomic E-state index is 12.6. The first-order valence-corrected chi connectivity index (χ1v) is 10.2. The van der Waals surface area contributed by atoms with Crippen LogP contribution in [0.4, 0.5) is 0 Å². The standard InChI is InChI=1S/C18H29N3O3S.ClH/c1-14(2)21(4)25(23,24)16-7-5-6-15(12-16)17(22)20-13-18(3)8-10-19-11-9-18;/h5-7,12,14,19H,8-11,13H2,1-4H3,(H,20,22);1H. The van der Waals surface area contributed by atoms with Crippen LogP contribution in [0.15, 0.2) is 29.2 Å². The highest BCUT2D eigenvalue weighted by molar-refractivity contribution is 7.89. The van der Waals surface area contributed by atoms with E-state index in [1.165, 1.54) is 16.4 Å². The number of hydrogen-bond donors (Lipinski definition) is 2. The van der Waals surface area contributed by atoms with E-state index in [1.54, 1.807) is 19.2 Å². The predicted molar refractivity (Wildman–Crippen MR) is 106 cm³/mol. The Kier molecular flexibility index (Phi) is 8.07. The molecule has 8 heteroatoms. The quantitative estimate of drug-likeness (QED) is 0.763. The normalized spacial score (nSPS) is 17.0. The minimum Gasteiger partial charge on any atom is -0.351 e. The lowest BCUT2D eigenvalue weighted by molar-refractivity contribution is 0.0922. The summed E-state index contributed by atoms with van der Waals surface area (Å²) in [5.74, 6) is -0.232. The molecule has 26 heavy (non-hydrogen) atoms. The van der Waals surface area contributed by atoms with Crippen molar-refractivity contribution in [3.63, 3.8) is 0 Å². The van der Waals surface area contributed by atoms with Gasteiger partial charge in [-0.3, -0.25) is 4.79 Å². The molecule has 0 bridgehead atoms. The second-order valence-corrected chi connectivity index (χ2v) is 9.38. The van der Waals surface area contributed by atoms with Crippen molar-refractivity contribution in [1.29, 1.82) is 0 Å². The largest absolute Gasteiger partial charge is 0.351 e. The van der Waals surface area contributed by atoms with Crippen LogP contribution in [0.25, 0.3) is 0 Å². The molecule has 1 aromatic carbocycles. The average molecular weight is 404 g/mol. The van der Waals surface area contributed by atoms with Gasteiger partial charge in [-0.15, -0.1) is 12.4 Å². The molecule has 6 nitrogen and oxygen atoms in total. The number of amides is 1. The number of piperidine rings is 1. The fourth-order valence-electron chi connectivity index (χ4n) is 2.84. The molecule has 1 aliphatic heterocycles. The third kappa shape index (κ3) is 5.42. The van der Waals surface area contributed by atoms with Gasteiger partial charge in [-0.1, -0.05) is 13.0 Å². The van der Waals surface area contributed by atoms with Crippen molar-refractivity contribution in [3.05, 3.63) is 29.8 Å². The summed E-state index contributed by atoms with van der Waals surface area (Å²) in [5.41, 5.74) is 0.457. The topological polar surface area (TPSA) is 78.5 Å². The number of nitrogens with one attached hydrogen (secondary N) is 2. The van der Waals surface area contributed by atoms with Crippen molar-refractivity contribution in [1.82, 2.24) is 14.9 Å². The Labute approximate surface area is 163 Å². The molecule has 0 saturated carbocycles. The Morgan fingerprint density at radius 3 is 2.50 bits per heavy atom. The van der Waals surface area contributed by atoms with Crippen molar-refractivity contribution in [2.24, 2.45) is 5.41 Å². The number of benzene rings is 1. The summed E-state index contributed by atoms with van der Waals surface area (Å²) in [6, 6.07) is 6.09. The second kappa shape index (κ2) is 9.17. The van der Waals surface area contributed by atoms with Crippen LogP contribution < -0.4 is 10.6 Å². The first-order chi connectivity index (χ1) is 11.7. The van der Waals surface area contributed by atoms with E-state index in [-0.39, 0.29) is 34.7 Å². The van der Waals surface area contributed by atoms with Crippen LogP contribution in [0.5, 0.6) is 0 Å². The summed E-state index contributed by atoms with van der Waals surface area (Å²) < 4.78 is 26.5. The zero-order valence-corrected chi connectivity index (χ0v) is 17.5. The predicted octanol–water partition coefficient (Wildman–Crippen LogP) is 2.26. The van der Waals surface area contributed by atoms with E-state index in [0.717, 1.165) is 25.9 Å². The Morgan fingerprint density at radius 1 is 1.31 bits per heavy atom. The van der Waals surface area contributed by atoms with Crippen molar-refractivity contribution in [2.45, 2.75) is 44.6 Å². The molecule has 0 aliphatic carbocycles. The summed E-state index contributed by atoms with van der Waals surface area (Å²) in [4.78, 5) is 12.6. The highest BCUT2D eigenvalue weighted by atomic mass is 35.5. The van der Waals surface area contributed by atoms with Gasteiger partial charge >= 0.3 is 0 Å². The van der Waals surface area contributed by atoms with Gasteiger partial charge in [-0.05, 0) is 63.4 Å².